The molecule has 0 unspecified atom stereocenters. The molecule has 0 spiro atoms. The predicted molar refractivity (Wildman–Crippen MR) is 50.1 cm³/mol. The minimum atomic E-state index is 0.639. The van der Waals surface area contributed by atoms with Crippen molar-refractivity contribution < 1.29 is 0 Å². The summed E-state index contributed by atoms with van der Waals surface area (Å²) < 4.78 is 2.70. The van der Waals surface area contributed by atoms with Gasteiger partial charge in [0.15, 0.2) is 5.65 Å². The molecule has 11 heavy (non-hydrogen) atoms. The predicted octanol–water partition coefficient (Wildman–Crippen LogP) is 0.916. The lowest BCUT2D eigenvalue weighted by atomic mass is 10.7. The van der Waals surface area contributed by atoms with E-state index in [9.17, 15) is 0 Å². The van der Waals surface area contributed by atoms with E-state index in [-0.39, 0.29) is 0 Å². The lowest BCUT2D eigenvalue weighted by molar-refractivity contribution is 1.11. The van der Waals surface area contributed by atoms with E-state index in [2.05, 4.69) is 32.6 Å². The molecule has 0 fully saturated rings. The van der Waals surface area contributed by atoms with Gasteiger partial charge in [-0.15, -0.1) is 0 Å². The van der Waals surface area contributed by atoms with E-state index in [0.717, 1.165) is 9.35 Å². The van der Waals surface area contributed by atoms with Gasteiger partial charge in [-0.25, -0.2) is 9.97 Å². The molecule has 0 bridgehead atoms. The van der Waals surface area contributed by atoms with Crippen molar-refractivity contribution in [3.8, 4) is 0 Å². The van der Waals surface area contributed by atoms with Crippen molar-refractivity contribution in [2.24, 2.45) is 0 Å². The van der Waals surface area contributed by atoms with E-state index in [1.807, 2.05) is 6.20 Å². The van der Waals surface area contributed by atoms with Crippen molar-refractivity contribution in [3.63, 3.8) is 0 Å². The van der Waals surface area contributed by atoms with Crippen molar-refractivity contribution in [2.45, 2.75) is 0 Å². The maximum absolute atomic E-state index is 5.61. The molecule has 2 aromatic rings. The summed E-state index contributed by atoms with van der Waals surface area (Å²) in [5.74, 6) is 0.639. The summed E-state index contributed by atoms with van der Waals surface area (Å²) in [5, 5.41) is 0. The largest absolute Gasteiger partial charge is 0.383 e. The van der Waals surface area contributed by atoms with E-state index < -0.39 is 0 Å². The number of imidazole rings is 1. The number of hydrogen-bond donors (Lipinski definition) is 1. The second-order valence-corrected chi connectivity index (χ2v) is 3.23. The number of anilines is 1. The molecule has 0 atom stereocenters. The van der Waals surface area contributed by atoms with Crippen LogP contribution in [0, 0.1) is 3.70 Å². The molecule has 0 aromatic carbocycles. The molecule has 0 aliphatic carbocycles. The third-order valence-electron chi connectivity index (χ3n) is 1.39. The lowest BCUT2D eigenvalue weighted by Crippen LogP contribution is -1.94. The van der Waals surface area contributed by atoms with Crippen molar-refractivity contribution >= 4 is 34.1 Å². The lowest BCUT2D eigenvalue weighted by Gasteiger charge is -1.94. The summed E-state index contributed by atoms with van der Waals surface area (Å²) in [6, 6.07) is 0. The van der Waals surface area contributed by atoms with E-state index in [0.29, 0.717) is 5.82 Å². The van der Waals surface area contributed by atoms with Gasteiger partial charge in [-0.1, -0.05) is 0 Å². The van der Waals surface area contributed by atoms with Gasteiger partial charge in [0.25, 0.3) is 0 Å². The topological polar surface area (TPSA) is 56.2 Å². The molecule has 0 aliphatic rings. The molecule has 0 radical (unpaired) electrons. The highest BCUT2D eigenvalue weighted by Gasteiger charge is 1.98. The second-order valence-electron chi connectivity index (χ2n) is 2.12. The molecule has 56 valence electrons. The Morgan fingerprint density at radius 1 is 1.36 bits per heavy atom. The SMILES string of the molecule is Nc1cnc2cnc(I)cn12. The number of aromatic nitrogens is 3. The summed E-state index contributed by atoms with van der Waals surface area (Å²) in [6.07, 6.45) is 5.16. The molecular formula is C6H5IN4. The molecule has 0 amide bonds. The van der Waals surface area contributed by atoms with Gasteiger partial charge in [0.2, 0.25) is 0 Å². The zero-order chi connectivity index (χ0) is 7.84. The molecular weight excluding hydrogens is 255 g/mol. The van der Waals surface area contributed by atoms with Gasteiger partial charge < -0.3 is 5.73 Å². The average molecular weight is 260 g/mol. The molecule has 2 rings (SSSR count). The summed E-state index contributed by atoms with van der Waals surface area (Å²) in [5.41, 5.74) is 6.39. The van der Waals surface area contributed by atoms with Gasteiger partial charge >= 0.3 is 0 Å². The maximum atomic E-state index is 5.61. The van der Waals surface area contributed by atoms with Crippen LogP contribution in [0.5, 0.6) is 0 Å². The fourth-order valence-electron chi connectivity index (χ4n) is 0.884. The highest BCUT2D eigenvalue weighted by atomic mass is 127. The summed E-state index contributed by atoms with van der Waals surface area (Å²) in [7, 11) is 0. The number of nitrogen functional groups attached to an aromatic ring is 1. The monoisotopic (exact) mass is 260 g/mol. The van der Waals surface area contributed by atoms with Gasteiger partial charge in [-0.3, -0.25) is 4.40 Å². The quantitative estimate of drug-likeness (QED) is 0.716. The van der Waals surface area contributed by atoms with Crippen LogP contribution in [0.15, 0.2) is 18.6 Å². The Hall–Kier alpha value is -0.850. The Balaban J connectivity index is 2.87. The molecule has 0 saturated carbocycles. The van der Waals surface area contributed by atoms with Crippen molar-refractivity contribution in [3.05, 3.63) is 22.3 Å². The van der Waals surface area contributed by atoms with Crippen LogP contribution < -0.4 is 5.73 Å². The summed E-state index contributed by atoms with van der Waals surface area (Å²) in [4.78, 5) is 8.10. The van der Waals surface area contributed by atoms with Gasteiger partial charge in [-0.2, -0.15) is 0 Å². The normalized spacial score (nSPS) is 10.6. The summed E-state index contributed by atoms with van der Waals surface area (Å²) >= 11 is 2.13. The molecule has 2 heterocycles. The number of nitrogens with zero attached hydrogens (tertiary/aromatic N) is 3. The Kier molecular flexibility index (Phi) is 1.45. The Bertz CT molecular complexity index is 394. The summed E-state index contributed by atoms with van der Waals surface area (Å²) in [6.45, 7) is 0. The maximum Gasteiger partial charge on any atom is 0.156 e. The van der Waals surface area contributed by atoms with E-state index in [4.69, 9.17) is 5.73 Å². The first-order chi connectivity index (χ1) is 5.27. The Morgan fingerprint density at radius 3 is 3.00 bits per heavy atom. The van der Waals surface area contributed by atoms with Crippen LogP contribution in [0.25, 0.3) is 5.65 Å². The highest BCUT2D eigenvalue weighted by Crippen LogP contribution is 2.08. The van der Waals surface area contributed by atoms with E-state index in [1.54, 1.807) is 16.8 Å². The fourth-order valence-corrected chi connectivity index (χ4v) is 1.30. The van der Waals surface area contributed by atoms with Crippen LogP contribution >= 0.6 is 22.6 Å². The zero-order valence-electron chi connectivity index (χ0n) is 5.53. The fraction of sp³-hybridized carbons (Fsp3) is 0. The number of nitrogens with two attached hydrogens (primary N) is 1. The first-order valence-electron chi connectivity index (χ1n) is 3.01. The minimum absolute atomic E-state index is 0.639. The van der Waals surface area contributed by atoms with Crippen LogP contribution in [0.2, 0.25) is 0 Å². The minimum Gasteiger partial charge on any atom is -0.383 e. The number of rotatable bonds is 0. The van der Waals surface area contributed by atoms with Gasteiger partial charge in [0.1, 0.15) is 9.52 Å². The zero-order valence-corrected chi connectivity index (χ0v) is 7.69. The van der Waals surface area contributed by atoms with E-state index >= 15 is 0 Å². The average Bonchev–Trinajstić information content (AvgIpc) is 2.33. The first kappa shape index (κ1) is 6.84. The van der Waals surface area contributed by atoms with Crippen LogP contribution in [0.1, 0.15) is 0 Å². The van der Waals surface area contributed by atoms with Gasteiger partial charge in [-0.05, 0) is 22.6 Å². The molecule has 4 nitrogen and oxygen atoms in total. The molecule has 2 N–H and O–H groups in total. The van der Waals surface area contributed by atoms with Crippen LogP contribution in [-0.2, 0) is 0 Å². The smallest absolute Gasteiger partial charge is 0.156 e. The molecule has 0 saturated heterocycles. The number of fused-ring (bicyclic) bond motifs is 1. The molecule has 5 heteroatoms. The van der Waals surface area contributed by atoms with Crippen molar-refractivity contribution in [1.29, 1.82) is 0 Å². The third-order valence-corrected chi connectivity index (χ3v) is 1.95. The van der Waals surface area contributed by atoms with Crippen molar-refractivity contribution in [2.75, 3.05) is 5.73 Å². The third kappa shape index (κ3) is 1.05. The van der Waals surface area contributed by atoms with Crippen molar-refractivity contribution in [1.82, 2.24) is 14.4 Å². The Labute approximate surface area is 76.6 Å². The van der Waals surface area contributed by atoms with Crippen LogP contribution in [0.4, 0.5) is 5.82 Å². The van der Waals surface area contributed by atoms with Gasteiger partial charge in [0, 0.05) is 6.20 Å². The highest BCUT2D eigenvalue weighted by molar-refractivity contribution is 14.1. The molecule has 0 aliphatic heterocycles. The van der Waals surface area contributed by atoms with E-state index in [1.165, 1.54) is 0 Å². The second kappa shape index (κ2) is 2.33. The Morgan fingerprint density at radius 2 is 2.18 bits per heavy atom. The molecule has 2 aromatic heterocycles. The van der Waals surface area contributed by atoms with Crippen LogP contribution in [-0.4, -0.2) is 14.4 Å². The van der Waals surface area contributed by atoms with Gasteiger partial charge in [0.05, 0.1) is 12.4 Å². The van der Waals surface area contributed by atoms with Crippen LogP contribution in [0.3, 0.4) is 0 Å². The first-order valence-corrected chi connectivity index (χ1v) is 4.09. The standard InChI is InChI=1S/C6H5IN4/c7-4-3-11-5(8)1-10-6(11)2-9-4/h1-3H,8H2. The number of hydrogen-bond acceptors (Lipinski definition) is 3. The number of halogens is 1.